The van der Waals surface area contributed by atoms with E-state index in [0.717, 1.165) is 31.3 Å². The zero-order chi connectivity index (χ0) is 13.2. The Bertz CT molecular complexity index is 536. The Morgan fingerprint density at radius 3 is 2.95 bits per heavy atom. The highest BCUT2D eigenvalue weighted by Gasteiger charge is 2.25. The summed E-state index contributed by atoms with van der Waals surface area (Å²) in [4.78, 5) is 13.2. The quantitative estimate of drug-likeness (QED) is 0.827. The Balaban J connectivity index is 1.76. The first kappa shape index (κ1) is 12.0. The third-order valence-corrected chi connectivity index (χ3v) is 3.43. The molecule has 3 rings (SSSR count). The van der Waals surface area contributed by atoms with Gasteiger partial charge in [-0.25, -0.2) is 4.98 Å². The molecule has 1 unspecified atom stereocenters. The Labute approximate surface area is 112 Å². The minimum Gasteiger partial charge on any atom is -0.363 e. The highest BCUT2D eigenvalue weighted by atomic mass is 15.4. The van der Waals surface area contributed by atoms with E-state index < -0.39 is 0 Å². The normalized spacial score (nSPS) is 18.8. The summed E-state index contributed by atoms with van der Waals surface area (Å²) in [6.45, 7) is 1.89. The van der Waals surface area contributed by atoms with Crippen molar-refractivity contribution in [3.63, 3.8) is 0 Å². The first-order valence-electron chi connectivity index (χ1n) is 6.48. The number of hydrogen-bond acceptors (Lipinski definition) is 5. The van der Waals surface area contributed by atoms with Crippen molar-refractivity contribution in [3.05, 3.63) is 30.7 Å². The predicted octanol–water partition coefficient (Wildman–Crippen LogP) is 1.19. The van der Waals surface area contributed by atoms with Crippen LogP contribution < -0.4 is 9.80 Å². The lowest BCUT2D eigenvalue weighted by atomic mass is 10.3. The Hall–Kier alpha value is -2.11. The van der Waals surface area contributed by atoms with Gasteiger partial charge in [0, 0.05) is 45.8 Å². The molecule has 0 radical (unpaired) electrons. The van der Waals surface area contributed by atoms with Gasteiger partial charge in [-0.1, -0.05) is 0 Å². The molecule has 0 aromatic carbocycles. The maximum absolute atomic E-state index is 4.58. The maximum atomic E-state index is 4.58. The maximum Gasteiger partial charge on any atom is 0.227 e. The van der Waals surface area contributed by atoms with E-state index >= 15 is 0 Å². The molecule has 0 saturated carbocycles. The summed E-state index contributed by atoms with van der Waals surface area (Å²) < 4.78 is 2.02. The van der Waals surface area contributed by atoms with Gasteiger partial charge in [0.1, 0.15) is 5.82 Å². The molecule has 0 spiro atoms. The summed E-state index contributed by atoms with van der Waals surface area (Å²) >= 11 is 0. The van der Waals surface area contributed by atoms with Gasteiger partial charge in [-0.05, 0) is 18.6 Å². The van der Waals surface area contributed by atoms with Gasteiger partial charge in [0.15, 0.2) is 0 Å². The van der Waals surface area contributed by atoms with Crippen LogP contribution in [0.4, 0.5) is 11.8 Å². The molecule has 0 amide bonds. The van der Waals surface area contributed by atoms with Crippen LogP contribution in [-0.2, 0) is 0 Å². The van der Waals surface area contributed by atoms with E-state index in [2.05, 4.69) is 20.0 Å². The average Bonchev–Trinajstić information content (AvgIpc) is 3.09. The van der Waals surface area contributed by atoms with E-state index in [1.165, 1.54) is 0 Å². The fourth-order valence-electron chi connectivity index (χ4n) is 2.38. The molecule has 0 bridgehead atoms. The van der Waals surface area contributed by atoms with E-state index in [1.807, 2.05) is 54.4 Å². The van der Waals surface area contributed by atoms with Gasteiger partial charge in [0.25, 0.3) is 0 Å². The van der Waals surface area contributed by atoms with E-state index in [1.54, 1.807) is 0 Å². The van der Waals surface area contributed by atoms with E-state index in [-0.39, 0.29) is 0 Å². The van der Waals surface area contributed by atoms with Gasteiger partial charge in [-0.3, -0.25) is 4.68 Å². The van der Waals surface area contributed by atoms with Crippen molar-refractivity contribution >= 4 is 11.8 Å². The van der Waals surface area contributed by atoms with Crippen LogP contribution in [0.2, 0.25) is 0 Å². The molecule has 6 heteroatoms. The molecule has 1 fully saturated rings. The lowest BCUT2D eigenvalue weighted by molar-refractivity contribution is 0.494. The van der Waals surface area contributed by atoms with Gasteiger partial charge in [0.05, 0.1) is 6.04 Å². The SMILES string of the molecule is CN(C)c1ccnc(N2CCC(n3cccn3)C2)n1. The number of hydrogen-bond donors (Lipinski definition) is 0. The molecule has 0 N–H and O–H groups in total. The molecular formula is C13H18N6. The largest absolute Gasteiger partial charge is 0.363 e. The first-order valence-corrected chi connectivity index (χ1v) is 6.48. The minimum atomic E-state index is 0.418. The third kappa shape index (κ3) is 2.38. The summed E-state index contributed by atoms with van der Waals surface area (Å²) in [6, 6.07) is 4.30. The zero-order valence-corrected chi connectivity index (χ0v) is 11.3. The summed E-state index contributed by atoms with van der Waals surface area (Å²) in [5.41, 5.74) is 0. The molecule has 3 heterocycles. The van der Waals surface area contributed by atoms with Crippen LogP contribution in [0.25, 0.3) is 0 Å². The Morgan fingerprint density at radius 2 is 2.21 bits per heavy atom. The van der Waals surface area contributed by atoms with Crippen LogP contribution in [-0.4, -0.2) is 46.9 Å². The first-order chi connectivity index (χ1) is 9.24. The van der Waals surface area contributed by atoms with Crippen LogP contribution in [0, 0.1) is 0 Å². The Kier molecular flexibility index (Phi) is 3.06. The molecule has 6 nitrogen and oxygen atoms in total. The molecule has 0 aliphatic carbocycles. The van der Waals surface area contributed by atoms with Crippen LogP contribution >= 0.6 is 0 Å². The molecular weight excluding hydrogens is 240 g/mol. The Morgan fingerprint density at radius 1 is 1.32 bits per heavy atom. The van der Waals surface area contributed by atoms with Gasteiger partial charge < -0.3 is 9.80 Å². The predicted molar refractivity (Wildman–Crippen MR) is 74.5 cm³/mol. The highest BCUT2D eigenvalue weighted by Crippen LogP contribution is 2.24. The van der Waals surface area contributed by atoms with Crippen LogP contribution in [0.3, 0.4) is 0 Å². The fourth-order valence-corrected chi connectivity index (χ4v) is 2.38. The average molecular weight is 258 g/mol. The molecule has 1 saturated heterocycles. The molecule has 2 aromatic rings. The molecule has 100 valence electrons. The summed E-state index contributed by atoms with van der Waals surface area (Å²) in [5.74, 6) is 1.74. The number of rotatable bonds is 3. The van der Waals surface area contributed by atoms with Gasteiger partial charge >= 0.3 is 0 Å². The second kappa shape index (κ2) is 4.87. The highest BCUT2D eigenvalue weighted by molar-refractivity contribution is 5.43. The van der Waals surface area contributed by atoms with Gasteiger partial charge in [-0.15, -0.1) is 0 Å². The zero-order valence-electron chi connectivity index (χ0n) is 11.3. The molecule has 19 heavy (non-hydrogen) atoms. The molecule has 1 aliphatic heterocycles. The van der Waals surface area contributed by atoms with Crippen LogP contribution in [0.15, 0.2) is 30.7 Å². The van der Waals surface area contributed by atoms with Crippen molar-refractivity contribution in [2.45, 2.75) is 12.5 Å². The number of anilines is 2. The molecule has 1 aliphatic rings. The van der Waals surface area contributed by atoms with Crippen molar-refractivity contribution in [2.75, 3.05) is 37.0 Å². The van der Waals surface area contributed by atoms with Crippen molar-refractivity contribution in [1.29, 1.82) is 0 Å². The summed E-state index contributed by atoms with van der Waals surface area (Å²) in [6.07, 6.45) is 6.74. The minimum absolute atomic E-state index is 0.418. The van der Waals surface area contributed by atoms with Crippen molar-refractivity contribution in [1.82, 2.24) is 19.7 Å². The van der Waals surface area contributed by atoms with Crippen molar-refractivity contribution in [3.8, 4) is 0 Å². The van der Waals surface area contributed by atoms with Gasteiger partial charge in [0.2, 0.25) is 5.95 Å². The number of nitrogens with zero attached hydrogens (tertiary/aromatic N) is 6. The van der Waals surface area contributed by atoms with Gasteiger partial charge in [-0.2, -0.15) is 10.1 Å². The fraction of sp³-hybridized carbons (Fsp3) is 0.462. The number of aromatic nitrogens is 4. The summed E-state index contributed by atoms with van der Waals surface area (Å²) in [5, 5.41) is 4.31. The molecule has 1 atom stereocenters. The van der Waals surface area contributed by atoms with Crippen LogP contribution in [0.1, 0.15) is 12.5 Å². The lowest BCUT2D eigenvalue weighted by Gasteiger charge is -2.18. The van der Waals surface area contributed by atoms with E-state index in [4.69, 9.17) is 0 Å². The second-order valence-electron chi connectivity index (χ2n) is 4.98. The third-order valence-electron chi connectivity index (χ3n) is 3.43. The summed E-state index contributed by atoms with van der Waals surface area (Å²) in [7, 11) is 3.98. The standard InChI is InChI=1S/C13H18N6/c1-17(2)12-4-7-14-13(16-12)18-9-5-11(10-18)19-8-3-6-15-19/h3-4,6-8,11H,5,9-10H2,1-2H3. The monoisotopic (exact) mass is 258 g/mol. The van der Waals surface area contributed by atoms with E-state index in [0.29, 0.717) is 6.04 Å². The topological polar surface area (TPSA) is 50.1 Å². The molecule has 2 aromatic heterocycles. The van der Waals surface area contributed by atoms with Crippen molar-refractivity contribution < 1.29 is 0 Å². The lowest BCUT2D eigenvalue weighted by Crippen LogP contribution is -2.24. The van der Waals surface area contributed by atoms with Crippen LogP contribution in [0.5, 0.6) is 0 Å². The second-order valence-corrected chi connectivity index (χ2v) is 4.98. The smallest absolute Gasteiger partial charge is 0.227 e. The van der Waals surface area contributed by atoms with E-state index in [9.17, 15) is 0 Å². The van der Waals surface area contributed by atoms with Crippen molar-refractivity contribution in [2.24, 2.45) is 0 Å².